The summed E-state index contributed by atoms with van der Waals surface area (Å²) in [6.07, 6.45) is 7.68. The highest BCUT2D eigenvalue weighted by molar-refractivity contribution is 6.01. The van der Waals surface area contributed by atoms with Crippen molar-refractivity contribution in [2.75, 3.05) is 13.1 Å². The summed E-state index contributed by atoms with van der Waals surface area (Å²) in [5, 5.41) is 13.6. The van der Waals surface area contributed by atoms with Crippen LogP contribution in [0.4, 0.5) is 4.39 Å². The van der Waals surface area contributed by atoms with Crippen LogP contribution in [-0.2, 0) is 28.1 Å². The first-order chi connectivity index (χ1) is 27.4. The Morgan fingerprint density at radius 3 is 2.44 bits per heavy atom. The van der Waals surface area contributed by atoms with E-state index in [-0.39, 0.29) is 47.0 Å². The predicted octanol–water partition coefficient (Wildman–Crippen LogP) is 6.42. The van der Waals surface area contributed by atoms with E-state index in [2.05, 4.69) is 52.9 Å². The molecule has 0 spiro atoms. The lowest BCUT2D eigenvalue weighted by Gasteiger charge is -2.32. The highest BCUT2D eigenvalue weighted by Gasteiger charge is 2.29. The summed E-state index contributed by atoms with van der Waals surface area (Å²) in [5.74, 6) is -0.727. The van der Waals surface area contributed by atoms with Gasteiger partial charge in [-0.3, -0.25) is 29.6 Å². The van der Waals surface area contributed by atoms with E-state index in [4.69, 9.17) is 4.52 Å². The third-order valence-electron chi connectivity index (χ3n) is 11.0. The molecule has 1 atom stereocenters. The van der Waals surface area contributed by atoms with Gasteiger partial charge in [0.2, 0.25) is 17.7 Å². The highest BCUT2D eigenvalue weighted by atomic mass is 19.1. The normalized spacial score (nSPS) is 16.9. The molecule has 2 aliphatic rings. The van der Waals surface area contributed by atoms with E-state index in [9.17, 15) is 14.4 Å². The van der Waals surface area contributed by atoms with Gasteiger partial charge in [-0.15, -0.1) is 0 Å². The topological polar surface area (TPSA) is 161 Å². The number of benzene rings is 2. The number of aromatic nitrogens is 6. The number of nitrogens with one attached hydrogen (secondary N) is 2. The second-order valence-electron chi connectivity index (χ2n) is 16.0. The molecule has 57 heavy (non-hydrogen) atoms. The fourth-order valence-electron chi connectivity index (χ4n) is 7.68. The van der Waals surface area contributed by atoms with Gasteiger partial charge in [0.15, 0.2) is 5.82 Å². The maximum atomic E-state index is 16.2. The van der Waals surface area contributed by atoms with Crippen molar-refractivity contribution in [3.8, 4) is 22.5 Å². The van der Waals surface area contributed by atoms with Gasteiger partial charge in [-0.25, -0.2) is 13.9 Å². The number of piperidine rings is 2. The molecule has 2 fully saturated rings. The molecule has 6 aromatic rings. The van der Waals surface area contributed by atoms with Crippen LogP contribution in [0, 0.1) is 12.7 Å². The number of pyridine rings is 1. The lowest BCUT2D eigenvalue weighted by atomic mass is 9.86. The number of carbonyl (C=O) groups excluding carboxylic acids is 3. The van der Waals surface area contributed by atoms with Gasteiger partial charge in [-0.1, -0.05) is 62.3 Å². The summed E-state index contributed by atoms with van der Waals surface area (Å²) in [6.45, 7) is 10.2. The maximum absolute atomic E-state index is 16.2. The molecule has 2 N–H and O–H groups in total. The second-order valence-corrected chi connectivity index (χ2v) is 16.0. The molecular formula is C43H44FN9O4. The molecule has 13 nitrogen and oxygen atoms in total. The first-order valence-electron chi connectivity index (χ1n) is 19.3. The number of halogens is 1. The molecule has 2 saturated heterocycles. The number of nitrogens with zero attached hydrogens (tertiary/aromatic N) is 7. The van der Waals surface area contributed by atoms with Crippen molar-refractivity contribution in [2.45, 2.75) is 83.7 Å². The summed E-state index contributed by atoms with van der Waals surface area (Å²) in [5.41, 5.74) is 7.36. The number of likely N-dealkylation sites (tertiary alicyclic amines) is 1. The third-order valence-corrected chi connectivity index (χ3v) is 11.0. The molecule has 6 heterocycles. The molecule has 292 valence electrons. The van der Waals surface area contributed by atoms with Gasteiger partial charge in [0.05, 0.1) is 17.1 Å². The Bertz CT molecular complexity index is 2480. The molecule has 0 bridgehead atoms. The number of aryl methyl sites for hydroxylation is 1. The molecule has 3 amide bonds. The van der Waals surface area contributed by atoms with Crippen molar-refractivity contribution in [1.29, 1.82) is 0 Å². The highest BCUT2D eigenvalue weighted by Crippen LogP contribution is 2.34. The van der Waals surface area contributed by atoms with E-state index in [1.807, 2.05) is 64.1 Å². The molecule has 0 radical (unpaired) electrons. The van der Waals surface area contributed by atoms with Crippen LogP contribution in [-0.4, -0.2) is 65.4 Å². The Morgan fingerprint density at radius 2 is 1.72 bits per heavy atom. The van der Waals surface area contributed by atoms with E-state index in [0.717, 1.165) is 48.2 Å². The van der Waals surface area contributed by atoms with Crippen LogP contribution in [0.2, 0.25) is 0 Å². The monoisotopic (exact) mass is 769 g/mol. The number of hydrogen-bond donors (Lipinski definition) is 2. The number of rotatable bonds is 9. The van der Waals surface area contributed by atoms with E-state index in [1.54, 1.807) is 23.0 Å². The number of carbonyl (C=O) groups is 3. The number of hydrogen-bond acceptors (Lipinski definition) is 10. The summed E-state index contributed by atoms with van der Waals surface area (Å²) in [6, 6.07) is 17.7. The fraction of sp³-hybridized carbons (Fsp3) is 0.349. The van der Waals surface area contributed by atoms with Gasteiger partial charge in [-0.05, 0) is 85.6 Å². The molecular weight excluding hydrogens is 726 g/mol. The van der Waals surface area contributed by atoms with Crippen LogP contribution in [0.5, 0.6) is 0 Å². The van der Waals surface area contributed by atoms with Crippen molar-refractivity contribution in [3.63, 3.8) is 0 Å². The largest absolute Gasteiger partial charge is 0.345 e. The Kier molecular flexibility index (Phi) is 10.2. The summed E-state index contributed by atoms with van der Waals surface area (Å²) < 4.78 is 23.2. The van der Waals surface area contributed by atoms with E-state index < -0.39 is 5.91 Å². The zero-order valence-corrected chi connectivity index (χ0v) is 32.4. The number of fused-ring (bicyclic) bond motifs is 1. The third kappa shape index (κ3) is 7.95. The standard InChI is InChI=1S/C43H44FN9O4/c1-25-19-29(9-10-30(25)21-46-41(56)39-50-42(57-51-39)43(2,3)4)37-34-20-32(23-53(34)48-24-47-37)38-36(44)31(13-16-45-38)22-52-17-14-27(15-18-52)26-5-7-28(8-6-26)33-11-12-35(54)49-40(33)55/h5-10,13,16,19-20,23-24,27,33H,11-12,14-15,17-18,21-22H2,1-4H3,(H,46,56)(H,49,54,55). The average molecular weight is 770 g/mol. The SMILES string of the molecule is Cc1cc(-c2ncnn3cc(-c4nccc(CN5CCC(c6ccc(C7CCC(=O)NC7=O)cc6)CC5)c4F)cc23)ccc1CNC(=O)c1noc(C(C)(C)C)n1. The van der Waals surface area contributed by atoms with Crippen LogP contribution >= 0.6 is 0 Å². The zero-order chi connectivity index (χ0) is 39.8. The van der Waals surface area contributed by atoms with E-state index >= 15 is 4.39 Å². The lowest BCUT2D eigenvalue weighted by Crippen LogP contribution is -2.39. The quantitative estimate of drug-likeness (QED) is 0.157. The molecule has 2 aliphatic heterocycles. The van der Waals surface area contributed by atoms with Gasteiger partial charge < -0.3 is 9.84 Å². The second kappa shape index (κ2) is 15.4. The lowest BCUT2D eigenvalue weighted by molar-refractivity contribution is -0.134. The summed E-state index contributed by atoms with van der Waals surface area (Å²) in [7, 11) is 0. The Labute approximate surface area is 329 Å². The van der Waals surface area contributed by atoms with Crippen molar-refractivity contribution in [3.05, 3.63) is 119 Å². The van der Waals surface area contributed by atoms with Crippen molar-refractivity contribution in [1.82, 2.24) is 45.3 Å². The van der Waals surface area contributed by atoms with Crippen LogP contribution in [0.15, 0.2) is 77.8 Å². The van der Waals surface area contributed by atoms with Crippen LogP contribution < -0.4 is 10.6 Å². The fourth-order valence-corrected chi connectivity index (χ4v) is 7.68. The van der Waals surface area contributed by atoms with Crippen LogP contribution in [0.1, 0.15) is 103 Å². The Balaban J connectivity index is 0.917. The minimum atomic E-state index is -0.418. The molecule has 8 rings (SSSR count). The van der Waals surface area contributed by atoms with Gasteiger partial charge in [-0.2, -0.15) is 10.1 Å². The molecule has 2 aromatic carbocycles. The Hall–Kier alpha value is -6.15. The van der Waals surface area contributed by atoms with Crippen LogP contribution in [0.25, 0.3) is 28.0 Å². The molecule has 4 aromatic heterocycles. The smallest absolute Gasteiger partial charge is 0.292 e. The molecule has 0 aliphatic carbocycles. The van der Waals surface area contributed by atoms with Crippen molar-refractivity contribution in [2.24, 2.45) is 0 Å². The first kappa shape index (κ1) is 37.8. The van der Waals surface area contributed by atoms with Gasteiger partial charge in [0, 0.05) is 54.0 Å². The minimum absolute atomic E-state index is 0.00715. The molecule has 0 saturated carbocycles. The first-order valence-corrected chi connectivity index (χ1v) is 19.3. The van der Waals surface area contributed by atoms with E-state index in [1.165, 1.54) is 11.9 Å². The molecule has 1 unspecified atom stereocenters. The van der Waals surface area contributed by atoms with Crippen LogP contribution in [0.3, 0.4) is 0 Å². The van der Waals surface area contributed by atoms with E-state index in [0.29, 0.717) is 53.5 Å². The number of amides is 3. The van der Waals surface area contributed by atoms with Crippen molar-refractivity contribution >= 4 is 23.2 Å². The summed E-state index contributed by atoms with van der Waals surface area (Å²) in [4.78, 5) is 52.2. The Morgan fingerprint density at radius 1 is 0.947 bits per heavy atom. The van der Waals surface area contributed by atoms with Gasteiger partial charge >= 0.3 is 0 Å². The van der Waals surface area contributed by atoms with Crippen molar-refractivity contribution < 1.29 is 23.3 Å². The van der Waals surface area contributed by atoms with Gasteiger partial charge in [0.25, 0.3) is 11.7 Å². The zero-order valence-electron chi connectivity index (χ0n) is 32.4. The number of imide groups is 1. The summed E-state index contributed by atoms with van der Waals surface area (Å²) >= 11 is 0. The van der Waals surface area contributed by atoms with Gasteiger partial charge in [0.1, 0.15) is 12.0 Å². The average Bonchev–Trinajstić information content (AvgIpc) is 3.88. The maximum Gasteiger partial charge on any atom is 0.292 e. The minimum Gasteiger partial charge on any atom is -0.345 e. The molecule has 14 heteroatoms. The predicted molar refractivity (Wildman–Crippen MR) is 209 cm³/mol.